The van der Waals surface area contributed by atoms with Crippen molar-refractivity contribution in [1.82, 2.24) is 0 Å². The van der Waals surface area contributed by atoms with E-state index < -0.39 is 5.78 Å². The van der Waals surface area contributed by atoms with Crippen molar-refractivity contribution in [2.75, 3.05) is 5.43 Å². The number of allylic oxidation sites excluding steroid dienone is 5. The number of rotatable bonds is 5. The molecule has 0 bridgehead atoms. The minimum atomic E-state index is -0.443. The Morgan fingerprint density at radius 3 is 2.50 bits per heavy atom. The number of halogens is 2. The third-order valence-corrected chi connectivity index (χ3v) is 4.45. The first-order valence-electron chi connectivity index (χ1n) is 8.24. The van der Waals surface area contributed by atoms with Gasteiger partial charge in [-0.1, -0.05) is 41.4 Å². The van der Waals surface area contributed by atoms with E-state index in [4.69, 9.17) is 23.2 Å². The predicted octanol–water partition coefficient (Wildman–Crippen LogP) is 5.86. The lowest BCUT2D eigenvalue weighted by Crippen LogP contribution is -2.16. The van der Waals surface area contributed by atoms with Gasteiger partial charge in [-0.15, -0.1) is 0 Å². The largest absolute Gasteiger partial charge is 0.286 e. The van der Waals surface area contributed by atoms with Gasteiger partial charge in [-0.25, -0.2) is 0 Å². The molecular weight excluding hydrogens is 369 g/mol. The zero-order valence-corrected chi connectivity index (χ0v) is 16.0. The van der Waals surface area contributed by atoms with Crippen LogP contribution in [0.25, 0.3) is 0 Å². The number of anilines is 1. The van der Waals surface area contributed by atoms with Crippen LogP contribution in [-0.2, 0) is 4.79 Å². The van der Waals surface area contributed by atoms with Crippen molar-refractivity contribution in [3.8, 4) is 6.07 Å². The number of ketones is 1. The van der Waals surface area contributed by atoms with Crippen LogP contribution < -0.4 is 5.43 Å². The number of benzene rings is 1. The van der Waals surface area contributed by atoms with Crippen LogP contribution >= 0.6 is 23.2 Å². The lowest BCUT2D eigenvalue weighted by molar-refractivity contribution is -0.109. The van der Waals surface area contributed by atoms with Crippen molar-refractivity contribution in [2.24, 2.45) is 5.10 Å². The molecule has 1 aliphatic rings. The second-order valence-electron chi connectivity index (χ2n) is 5.90. The van der Waals surface area contributed by atoms with Crippen LogP contribution in [-0.4, -0.2) is 11.5 Å². The molecule has 0 atom stereocenters. The summed E-state index contributed by atoms with van der Waals surface area (Å²) in [5.41, 5.74) is 5.44. The maximum absolute atomic E-state index is 12.7. The van der Waals surface area contributed by atoms with Crippen molar-refractivity contribution in [2.45, 2.75) is 32.6 Å². The summed E-state index contributed by atoms with van der Waals surface area (Å²) in [7, 11) is 0. The predicted molar refractivity (Wildman–Crippen MR) is 108 cm³/mol. The number of Topliss-reactive ketones (excluding diaryl/α,β-unsaturated/α-hetero) is 1. The van der Waals surface area contributed by atoms with Gasteiger partial charge in [0.1, 0.15) is 6.07 Å². The minimum Gasteiger partial charge on any atom is -0.286 e. The van der Waals surface area contributed by atoms with E-state index in [0.717, 1.165) is 36.8 Å². The van der Waals surface area contributed by atoms with Gasteiger partial charge in [-0.2, -0.15) is 10.4 Å². The summed E-state index contributed by atoms with van der Waals surface area (Å²) >= 11 is 11.9. The van der Waals surface area contributed by atoms with E-state index in [1.807, 2.05) is 12.1 Å². The van der Waals surface area contributed by atoms with Gasteiger partial charge in [0.15, 0.2) is 0 Å². The molecule has 2 rings (SSSR count). The number of carbonyl (C=O) groups excluding carboxylic acids is 1. The Bertz CT molecular complexity index is 840. The average molecular weight is 388 g/mol. The molecule has 26 heavy (non-hydrogen) atoms. The van der Waals surface area contributed by atoms with Crippen molar-refractivity contribution in [3.63, 3.8) is 0 Å². The second-order valence-corrected chi connectivity index (χ2v) is 6.77. The highest BCUT2D eigenvalue weighted by Gasteiger charge is 2.17. The maximum Gasteiger partial charge on any atom is 0.223 e. The number of nitrogens with zero attached hydrogens (tertiary/aromatic N) is 2. The molecular formula is C20H19Cl2N3O. The summed E-state index contributed by atoms with van der Waals surface area (Å²) in [5, 5.41) is 14.1. The number of nitriles is 1. The Hall–Kier alpha value is -2.35. The average Bonchev–Trinajstić information content (AvgIpc) is 2.60. The summed E-state index contributed by atoms with van der Waals surface area (Å²) in [6.07, 6.45) is 7.51. The normalized spacial score (nSPS) is 17.2. The van der Waals surface area contributed by atoms with E-state index >= 15 is 0 Å². The van der Waals surface area contributed by atoms with E-state index in [0.29, 0.717) is 21.3 Å². The van der Waals surface area contributed by atoms with Crippen LogP contribution in [0.1, 0.15) is 32.6 Å². The summed E-state index contributed by atoms with van der Waals surface area (Å²) in [6.45, 7) is 5.82. The third-order valence-electron chi connectivity index (χ3n) is 4.01. The molecule has 0 radical (unpaired) electrons. The van der Waals surface area contributed by atoms with Gasteiger partial charge in [0.25, 0.3) is 0 Å². The van der Waals surface area contributed by atoms with Gasteiger partial charge in [0, 0.05) is 15.6 Å². The fourth-order valence-electron chi connectivity index (χ4n) is 2.64. The van der Waals surface area contributed by atoms with Crippen molar-refractivity contribution in [3.05, 3.63) is 63.7 Å². The standard InChI is InChI=1S/C20H19Cl2N3O/c1-3-14(8-15-7-5-4-6-13(15)2)20(26)19(12-23)25-24-18-10-16(21)9-17(22)11-18/h3,8-11,24H,2,4-7H2,1H3/b14-3+,15-8-,25-19+. The smallest absolute Gasteiger partial charge is 0.223 e. The van der Waals surface area contributed by atoms with Gasteiger partial charge in [0.2, 0.25) is 11.5 Å². The molecule has 1 saturated carbocycles. The van der Waals surface area contributed by atoms with E-state index in [1.165, 1.54) is 0 Å². The number of hydrazone groups is 1. The summed E-state index contributed by atoms with van der Waals surface area (Å²) in [5.74, 6) is -0.443. The molecule has 1 N–H and O–H groups in total. The highest BCUT2D eigenvalue weighted by molar-refractivity contribution is 6.51. The number of carbonyl (C=O) groups is 1. The highest BCUT2D eigenvalue weighted by Crippen LogP contribution is 2.28. The Morgan fingerprint density at radius 2 is 1.92 bits per heavy atom. The quantitative estimate of drug-likeness (QED) is 0.391. The molecule has 0 amide bonds. The zero-order valence-electron chi connectivity index (χ0n) is 14.5. The van der Waals surface area contributed by atoms with Gasteiger partial charge >= 0.3 is 0 Å². The molecule has 1 fully saturated rings. The molecule has 0 spiro atoms. The molecule has 1 aliphatic carbocycles. The fraction of sp³-hybridized carbons (Fsp3) is 0.250. The molecule has 134 valence electrons. The number of hydrogen-bond acceptors (Lipinski definition) is 4. The van der Waals surface area contributed by atoms with E-state index in [-0.39, 0.29) is 5.71 Å². The molecule has 6 heteroatoms. The molecule has 0 saturated heterocycles. The number of hydrogen-bond donors (Lipinski definition) is 1. The summed E-state index contributed by atoms with van der Waals surface area (Å²) < 4.78 is 0. The first-order chi connectivity index (χ1) is 12.4. The van der Waals surface area contributed by atoms with Crippen LogP contribution in [0.3, 0.4) is 0 Å². The topological polar surface area (TPSA) is 65.2 Å². The number of nitrogens with one attached hydrogen (secondary N) is 1. The Balaban J connectivity index is 2.22. The van der Waals surface area contributed by atoms with Crippen molar-refractivity contribution < 1.29 is 4.79 Å². The van der Waals surface area contributed by atoms with Gasteiger partial charge < -0.3 is 0 Å². The van der Waals surface area contributed by atoms with Gasteiger partial charge in [-0.05, 0) is 62.5 Å². The lowest BCUT2D eigenvalue weighted by atomic mass is 9.88. The molecule has 4 nitrogen and oxygen atoms in total. The second kappa shape index (κ2) is 9.38. The van der Waals surface area contributed by atoms with E-state index in [1.54, 1.807) is 31.2 Å². The molecule has 0 aromatic heterocycles. The zero-order chi connectivity index (χ0) is 19.1. The van der Waals surface area contributed by atoms with Crippen LogP contribution in [0.15, 0.2) is 58.8 Å². The summed E-state index contributed by atoms with van der Waals surface area (Å²) in [6, 6.07) is 6.62. The van der Waals surface area contributed by atoms with Crippen LogP contribution in [0, 0.1) is 11.3 Å². The fourth-order valence-corrected chi connectivity index (χ4v) is 3.16. The SMILES string of the molecule is C=C1CCCC/C1=C/C(=C\C)C(=O)/C(C#N)=N/Nc1cc(Cl)cc(Cl)c1. The minimum absolute atomic E-state index is 0.243. The summed E-state index contributed by atoms with van der Waals surface area (Å²) in [4.78, 5) is 12.7. The molecule has 1 aromatic rings. The lowest BCUT2D eigenvalue weighted by Gasteiger charge is -2.17. The molecule has 0 heterocycles. The Morgan fingerprint density at radius 1 is 1.27 bits per heavy atom. The first-order valence-corrected chi connectivity index (χ1v) is 8.99. The van der Waals surface area contributed by atoms with Crippen molar-refractivity contribution in [1.29, 1.82) is 5.26 Å². The maximum atomic E-state index is 12.7. The van der Waals surface area contributed by atoms with E-state index in [2.05, 4.69) is 17.1 Å². The first kappa shape index (κ1) is 20.0. The van der Waals surface area contributed by atoms with Gasteiger partial charge in [0.05, 0.1) is 5.69 Å². The van der Waals surface area contributed by atoms with E-state index in [9.17, 15) is 10.1 Å². The Kier molecular flexibility index (Phi) is 7.20. The third kappa shape index (κ3) is 5.32. The highest BCUT2D eigenvalue weighted by atomic mass is 35.5. The molecule has 0 unspecified atom stereocenters. The van der Waals surface area contributed by atoms with Crippen LogP contribution in [0.5, 0.6) is 0 Å². The van der Waals surface area contributed by atoms with Crippen molar-refractivity contribution >= 4 is 40.4 Å². The Labute approximate surface area is 163 Å². The molecule has 1 aromatic carbocycles. The van der Waals surface area contributed by atoms with Gasteiger partial charge in [-0.3, -0.25) is 10.2 Å². The van der Waals surface area contributed by atoms with Crippen LogP contribution in [0.4, 0.5) is 5.69 Å². The monoisotopic (exact) mass is 387 g/mol. The molecule has 0 aliphatic heterocycles. The van der Waals surface area contributed by atoms with Crippen LogP contribution in [0.2, 0.25) is 10.0 Å².